The lowest BCUT2D eigenvalue weighted by Crippen LogP contribution is -2.32. The molecule has 0 bridgehead atoms. The second-order valence-corrected chi connectivity index (χ2v) is 7.99. The first kappa shape index (κ1) is 18.0. The van der Waals surface area contributed by atoms with Crippen LogP contribution in [0.15, 0.2) is 76.5 Å². The molecule has 0 aromatic heterocycles. The average molecular weight is 411 g/mol. The van der Waals surface area contributed by atoms with Gasteiger partial charge in [0.25, 0.3) is 0 Å². The maximum atomic E-state index is 11.9. The lowest BCUT2D eigenvalue weighted by Gasteiger charge is -2.33. The number of fused-ring (bicyclic) bond motifs is 2. The second-order valence-electron chi connectivity index (χ2n) is 6.08. The van der Waals surface area contributed by atoms with E-state index < -0.39 is 0 Å². The summed E-state index contributed by atoms with van der Waals surface area (Å²) < 4.78 is 0. The highest BCUT2D eigenvalue weighted by atomic mass is 35.5. The summed E-state index contributed by atoms with van der Waals surface area (Å²) in [5.74, 6) is 0.0261. The molecule has 27 heavy (non-hydrogen) atoms. The smallest absolute Gasteiger partial charge is 0.182 e. The van der Waals surface area contributed by atoms with E-state index in [0.717, 1.165) is 26.9 Å². The number of nitrogens with one attached hydrogen (secondary N) is 1. The normalized spacial score (nSPS) is 12.1. The molecule has 0 spiro atoms. The van der Waals surface area contributed by atoms with Crippen molar-refractivity contribution in [1.82, 2.24) is 0 Å². The highest BCUT2D eigenvalue weighted by Crippen LogP contribution is 2.48. The van der Waals surface area contributed by atoms with Crippen LogP contribution in [0, 0.1) is 0 Å². The van der Waals surface area contributed by atoms with E-state index >= 15 is 0 Å². The minimum Gasteiger partial charge on any atom is -0.332 e. The molecule has 3 nitrogen and oxygen atoms in total. The Morgan fingerprint density at radius 3 is 2.44 bits per heavy atom. The van der Waals surface area contributed by atoms with Gasteiger partial charge in [-0.05, 0) is 67.7 Å². The summed E-state index contributed by atoms with van der Waals surface area (Å²) in [6, 6.07) is 21.2. The molecule has 0 amide bonds. The van der Waals surface area contributed by atoms with E-state index in [0.29, 0.717) is 15.7 Å². The van der Waals surface area contributed by atoms with Crippen molar-refractivity contribution in [2.24, 2.45) is 0 Å². The topological polar surface area (TPSA) is 32.3 Å². The van der Waals surface area contributed by atoms with Crippen LogP contribution in [0.3, 0.4) is 0 Å². The molecule has 0 saturated carbocycles. The van der Waals surface area contributed by atoms with Gasteiger partial charge in [0.1, 0.15) is 0 Å². The van der Waals surface area contributed by atoms with Gasteiger partial charge in [-0.2, -0.15) is 0 Å². The van der Waals surface area contributed by atoms with Crippen molar-refractivity contribution in [3.63, 3.8) is 0 Å². The monoisotopic (exact) mass is 410 g/mol. The Morgan fingerprint density at radius 2 is 1.70 bits per heavy atom. The Morgan fingerprint density at radius 1 is 1.00 bits per heavy atom. The van der Waals surface area contributed by atoms with Crippen LogP contribution in [-0.2, 0) is 0 Å². The molecule has 0 saturated heterocycles. The van der Waals surface area contributed by atoms with Crippen molar-refractivity contribution in [1.29, 1.82) is 0 Å². The highest BCUT2D eigenvalue weighted by Gasteiger charge is 2.27. The Hall–Kier alpha value is -2.34. The fraction of sp³-hybridized carbons (Fsp3) is 0.0476. The third kappa shape index (κ3) is 3.58. The molecule has 1 heterocycles. The Balaban J connectivity index is 1.78. The largest absolute Gasteiger partial charge is 0.332 e. The highest BCUT2D eigenvalue weighted by molar-refractivity contribution is 7.99. The minimum atomic E-state index is 0.0261. The maximum Gasteiger partial charge on any atom is 0.182 e. The number of anilines is 3. The van der Waals surface area contributed by atoms with Crippen LogP contribution < -0.4 is 10.2 Å². The molecule has 0 unspecified atom stereocenters. The molecule has 3 aromatic rings. The van der Waals surface area contributed by atoms with Crippen LogP contribution in [0.1, 0.15) is 17.3 Å². The molecule has 0 atom stereocenters. The fourth-order valence-electron chi connectivity index (χ4n) is 2.91. The van der Waals surface area contributed by atoms with Gasteiger partial charge in [-0.15, -0.1) is 0 Å². The quantitative estimate of drug-likeness (QED) is 0.383. The van der Waals surface area contributed by atoms with Gasteiger partial charge >= 0.3 is 0 Å². The van der Waals surface area contributed by atoms with E-state index in [1.54, 1.807) is 18.7 Å². The van der Waals surface area contributed by atoms with E-state index in [2.05, 4.69) is 11.4 Å². The van der Waals surface area contributed by atoms with Gasteiger partial charge in [-0.25, -0.2) is 0 Å². The van der Waals surface area contributed by atoms with Crippen molar-refractivity contribution in [2.75, 3.05) is 10.2 Å². The number of carbonyl (C=O) groups is 1. The third-order valence-corrected chi connectivity index (χ3v) is 5.90. The van der Waals surface area contributed by atoms with Crippen molar-refractivity contribution >= 4 is 63.5 Å². The van der Waals surface area contributed by atoms with E-state index in [4.69, 9.17) is 23.8 Å². The number of hydrogen-bond acceptors (Lipinski definition) is 3. The third-order valence-electron chi connectivity index (χ3n) is 4.23. The number of nitrogens with zero attached hydrogens (tertiary/aromatic N) is 1. The predicted octanol–water partition coefficient (Wildman–Crippen LogP) is 6.54. The summed E-state index contributed by atoms with van der Waals surface area (Å²) in [7, 11) is 0. The predicted molar refractivity (Wildman–Crippen MR) is 117 cm³/mol. The van der Waals surface area contributed by atoms with Gasteiger partial charge in [0, 0.05) is 26.1 Å². The number of thiocarbonyl (C=S) groups is 1. The van der Waals surface area contributed by atoms with Gasteiger partial charge in [0.15, 0.2) is 10.9 Å². The van der Waals surface area contributed by atoms with Gasteiger partial charge in [0.2, 0.25) is 0 Å². The van der Waals surface area contributed by atoms with Crippen LogP contribution in [0.2, 0.25) is 5.02 Å². The number of carbonyl (C=O) groups excluding carboxylic acids is 1. The summed E-state index contributed by atoms with van der Waals surface area (Å²) >= 11 is 13.4. The molecule has 0 fully saturated rings. The first-order valence-corrected chi connectivity index (χ1v) is 9.92. The van der Waals surface area contributed by atoms with Crippen molar-refractivity contribution in [3.8, 4) is 0 Å². The minimum absolute atomic E-state index is 0.0261. The Bertz CT molecular complexity index is 1050. The first-order chi connectivity index (χ1) is 13.0. The van der Waals surface area contributed by atoms with Crippen LogP contribution in [-0.4, -0.2) is 10.9 Å². The van der Waals surface area contributed by atoms with Gasteiger partial charge in [-0.1, -0.05) is 41.6 Å². The summed E-state index contributed by atoms with van der Waals surface area (Å²) in [5.41, 5.74) is 3.40. The molecule has 3 aromatic carbocycles. The maximum absolute atomic E-state index is 11.9. The summed E-state index contributed by atoms with van der Waals surface area (Å²) in [6.45, 7) is 1.57. The number of hydrogen-bond donors (Lipinski definition) is 1. The molecule has 6 heteroatoms. The van der Waals surface area contributed by atoms with Crippen molar-refractivity contribution in [3.05, 3.63) is 77.3 Å². The summed E-state index contributed by atoms with van der Waals surface area (Å²) in [6.07, 6.45) is 0. The molecular formula is C21H15ClN2OS2. The van der Waals surface area contributed by atoms with Gasteiger partial charge in [0.05, 0.1) is 11.4 Å². The molecule has 0 aliphatic carbocycles. The first-order valence-electron chi connectivity index (χ1n) is 8.31. The number of para-hydroxylation sites is 1. The number of Topliss-reactive ketones (excluding diaryl/α,β-unsaturated/α-hetero) is 1. The second kappa shape index (κ2) is 7.35. The molecule has 134 valence electrons. The zero-order valence-corrected chi connectivity index (χ0v) is 16.8. The van der Waals surface area contributed by atoms with Crippen molar-refractivity contribution < 1.29 is 4.79 Å². The number of benzene rings is 3. The number of rotatable bonds is 2. The molecule has 1 aliphatic rings. The van der Waals surface area contributed by atoms with Crippen molar-refractivity contribution in [2.45, 2.75) is 16.7 Å². The average Bonchev–Trinajstić information content (AvgIpc) is 2.67. The zero-order chi connectivity index (χ0) is 19.0. The molecule has 0 radical (unpaired) electrons. The standard InChI is InChI=1S/C21H15ClN2OS2/c1-13(25)14-6-11-20-18(12-14)24(17-4-2-3-5-19(17)27-20)21(26)23-16-9-7-15(22)8-10-16/h2-12H,1H3,(H,23,26). The van der Waals surface area contributed by atoms with Crippen LogP contribution in [0.5, 0.6) is 0 Å². The lowest BCUT2D eigenvalue weighted by atomic mass is 10.1. The number of halogens is 1. The van der Waals surface area contributed by atoms with E-state index in [9.17, 15) is 4.79 Å². The van der Waals surface area contributed by atoms with E-state index in [-0.39, 0.29) is 5.78 Å². The lowest BCUT2D eigenvalue weighted by molar-refractivity contribution is 0.101. The molecule has 1 aliphatic heterocycles. The molecule has 1 N–H and O–H groups in total. The van der Waals surface area contributed by atoms with Gasteiger partial charge in [-0.3, -0.25) is 9.69 Å². The SMILES string of the molecule is CC(=O)c1ccc2c(c1)N(C(=S)Nc1ccc(Cl)cc1)c1ccccc1S2. The van der Waals surface area contributed by atoms with Crippen LogP contribution >= 0.6 is 35.6 Å². The summed E-state index contributed by atoms with van der Waals surface area (Å²) in [5, 5.41) is 4.48. The van der Waals surface area contributed by atoms with Crippen LogP contribution in [0.4, 0.5) is 17.1 Å². The zero-order valence-electron chi connectivity index (χ0n) is 14.4. The van der Waals surface area contributed by atoms with E-state index in [1.807, 2.05) is 65.6 Å². The summed E-state index contributed by atoms with van der Waals surface area (Å²) in [4.78, 5) is 16.0. The molecule has 4 rings (SSSR count). The van der Waals surface area contributed by atoms with Gasteiger partial charge < -0.3 is 5.32 Å². The fourth-order valence-corrected chi connectivity index (χ4v) is 4.38. The number of ketones is 1. The Labute approximate surface area is 172 Å². The Kier molecular flexibility index (Phi) is 4.91. The molecular weight excluding hydrogens is 396 g/mol. The van der Waals surface area contributed by atoms with E-state index in [1.165, 1.54) is 0 Å². The van der Waals surface area contributed by atoms with Crippen LogP contribution in [0.25, 0.3) is 0 Å².